The number of aromatic nitrogens is 4. The van der Waals surface area contributed by atoms with Crippen molar-refractivity contribution in [2.45, 2.75) is 39.5 Å². The van der Waals surface area contributed by atoms with Crippen molar-refractivity contribution in [2.24, 2.45) is 0 Å². The quantitative estimate of drug-likeness (QED) is 0.583. The van der Waals surface area contributed by atoms with Gasteiger partial charge in [0.25, 0.3) is 0 Å². The molecule has 1 N–H and O–H groups in total. The van der Waals surface area contributed by atoms with E-state index in [1.54, 1.807) is 34.2 Å². The molecule has 0 aliphatic rings. The number of ether oxygens (including phenoxy) is 1. The Hall–Kier alpha value is -2.61. The normalized spacial score (nSPS) is 12.0. The zero-order valence-corrected chi connectivity index (χ0v) is 16.9. The highest BCUT2D eigenvalue weighted by Gasteiger charge is 2.20. The standard InChI is InChI=1S/C19H22BrN5O2/c1-3-14-5-7-17(8-6-14)27-13-24-12-16(10-21-24)23-19(26)18(4-2)25-11-15(20)9-22-25/h5-12,18H,3-4,13H2,1-2H3,(H,23,26). The van der Waals surface area contributed by atoms with Crippen LogP contribution < -0.4 is 10.1 Å². The Morgan fingerprint density at radius 1 is 1.19 bits per heavy atom. The Bertz CT molecular complexity index is 888. The van der Waals surface area contributed by atoms with Crippen molar-refractivity contribution in [1.29, 1.82) is 0 Å². The third kappa shape index (κ3) is 4.97. The molecule has 0 saturated carbocycles. The first-order valence-electron chi connectivity index (χ1n) is 8.83. The van der Waals surface area contributed by atoms with Crippen LogP contribution in [0.25, 0.3) is 0 Å². The highest BCUT2D eigenvalue weighted by atomic mass is 79.9. The van der Waals surface area contributed by atoms with Gasteiger partial charge in [0.2, 0.25) is 5.91 Å². The predicted octanol–water partition coefficient (Wildman–Crippen LogP) is 4.03. The maximum absolute atomic E-state index is 12.5. The van der Waals surface area contributed by atoms with Crippen LogP contribution in [0.4, 0.5) is 5.69 Å². The molecular formula is C19H22BrN5O2. The molecule has 0 spiro atoms. The fourth-order valence-electron chi connectivity index (χ4n) is 2.66. The number of nitrogens with one attached hydrogen (secondary N) is 1. The summed E-state index contributed by atoms with van der Waals surface area (Å²) in [6, 6.07) is 7.59. The molecule has 0 radical (unpaired) electrons. The average molecular weight is 432 g/mol. The van der Waals surface area contributed by atoms with Gasteiger partial charge in [-0.3, -0.25) is 9.48 Å². The summed E-state index contributed by atoms with van der Waals surface area (Å²) in [5.74, 6) is 0.646. The molecule has 7 nitrogen and oxygen atoms in total. The minimum atomic E-state index is -0.381. The number of amides is 1. The molecule has 1 aromatic carbocycles. The summed E-state index contributed by atoms with van der Waals surface area (Å²) in [5.41, 5.74) is 1.88. The summed E-state index contributed by atoms with van der Waals surface area (Å²) in [4.78, 5) is 12.5. The third-order valence-corrected chi connectivity index (χ3v) is 4.58. The van der Waals surface area contributed by atoms with Crippen molar-refractivity contribution in [2.75, 3.05) is 5.32 Å². The molecule has 27 heavy (non-hydrogen) atoms. The van der Waals surface area contributed by atoms with Crippen LogP contribution in [0.1, 0.15) is 31.9 Å². The average Bonchev–Trinajstić information content (AvgIpc) is 3.30. The van der Waals surface area contributed by atoms with E-state index in [-0.39, 0.29) is 18.7 Å². The molecule has 0 fully saturated rings. The monoisotopic (exact) mass is 431 g/mol. The van der Waals surface area contributed by atoms with E-state index >= 15 is 0 Å². The highest BCUT2D eigenvalue weighted by Crippen LogP contribution is 2.18. The van der Waals surface area contributed by atoms with Crippen molar-refractivity contribution in [1.82, 2.24) is 19.6 Å². The zero-order valence-electron chi connectivity index (χ0n) is 15.3. The van der Waals surface area contributed by atoms with Crippen molar-refractivity contribution in [3.05, 3.63) is 59.1 Å². The maximum atomic E-state index is 12.5. The van der Waals surface area contributed by atoms with Gasteiger partial charge in [0, 0.05) is 6.20 Å². The lowest BCUT2D eigenvalue weighted by Gasteiger charge is -2.14. The summed E-state index contributed by atoms with van der Waals surface area (Å²) in [5, 5.41) is 11.3. The topological polar surface area (TPSA) is 74.0 Å². The number of benzene rings is 1. The van der Waals surface area contributed by atoms with Crippen LogP contribution in [-0.4, -0.2) is 25.5 Å². The van der Waals surface area contributed by atoms with Crippen LogP contribution in [0.5, 0.6) is 5.75 Å². The van der Waals surface area contributed by atoms with Crippen LogP contribution in [0.2, 0.25) is 0 Å². The number of nitrogens with zero attached hydrogens (tertiary/aromatic N) is 4. The molecule has 0 bridgehead atoms. The van der Waals surface area contributed by atoms with Crippen LogP contribution in [0.15, 0.2) is 53.5 Å². The van der Waals surface area contributed by atoms with E-state index in [2.05, 4.69) is 38.4 Å². The fourth-order valence-corrected chi connectivity index (χ4v) is 2.97. The number of rotatable bonds is 8. The Morgan fingerprint density at radius 2 is 1.96 bits per heavy atom. The molecule has 1 amide bonds. The molecular weight excluding hydrogens is 410 g/mol. The minimum Gasteiger partial charge on any atom is -0.471 e. The van der Waals surface area contributed by atoms with E-state index in [9.17, 15) is 4.79 Å². The number of carbonyl (C=O) groups is 1. The fraction of sp³-hybridized carbons (Fsp3) is 0.316. The van der Waals surface area contributed by atoms with Crippen molar-refractivity contribution < 1.29 is 9.53 Å². The van der Waals surface area contributed by atoms with Gasteiger partial charge < -0.3 is 10.1 Å². The second-order valence-electron chi connectivity index (χ2n) is 6.09. The lowest BCUT2D eigenvalue weighted by Crippen LogP contribution is -2.25. The SMILES string of the molecule is CCc1ccc(OCn2cc(NC(=O)C(CC)n3cc(Br)cn3)cn2)cc1. The molecule has 0 aliphatic carbocycles. The molecule has 3 aromatic rings. The van der Waals surface area contributed by atoms with E-state index < -0.39 is 0 Å². The summed E-state index contributed by atoms with van der Waals surface area (Å²) >= 11 is 3.35. The maximum Gasteiger partial charge on any atom is 0.249 e. The molecule has 2 aromatic heterocycles. The van der Waals surface area contributed by atoms with Crippen LogP contribution in [0.3, 0.4) is 0 Å². The lowest BCUT2D eigenvalue weighted by atomic mass is 10.2. The number of anilines is 1. The lowest BCUT2D eigenvalue weighted by molar-refractivity contribution is -0.119. The van der Waals surface area contributed by atoms with Gasteiger partial charge in [0.1, 0.15) is 11.8 Å². The van der Waals surface area contributed by atoms with Gasteiger partial charge in [0.15, 0.2) is 6.73 Å². The smallest absolute Gasteiger partial charge is 0.249 e. The number of hydrogen-bond donors (Lipinski definition) is 1. The predicted molar refractivity (Wildman–Crippen MR) is 107 cm³/mol. The first-order chi connectivity index (χ1) is 13.1. The van der Waals surface area contributed by atoms with E-state index in [1.807, 2.05) is 31.2 Å². The van der Waals surface area contributed by atoms with Gasteiger partial charge in [0.05, 0.1) is 28.8 Å². The molecule has 0 saturated heterocycles. The molecule has 142 valence electrons. The molecule has 2 heterocycles. The highest BCUT2D eigenvalue weighted by molar-refractivity contribution is 9.10. The van der Waals surface area contributed by atoms with Gasteiger partial charge in [-0.2, -0.15) is 10.2 Å². The summed E-state index contributed by atoms with van der Waals surface area (Å²) < 4.78 is 9.84. The van der Waals surface area contributed by atoms with Crippen molar-refractivity contribution in [3.63, 3.8) is 0 Å². The Balaban J connectivity index is 1.57. The molecule has 0 aliphatic heterocycles. The first kappa shape index (κ1) is 19.2. The van der Waals surface area contributed by atoms with Crippen LogP contribution in [-0.2, 0) is 17.9 Å². The Labute approximate surface area is 166 Å². The second kappa shape index (κ2) is 8.85. The number of hydrogen-bond acceptors (Lipinski definition) is 4. The van der Waals surface area contributed by atoms with E-state index in [1.165, 1.54) is 5.56 Å². The summed E-state index contributed by atoms with van der Waals surface area (Å²) in [6.07, 6.45) is 8.42. The number of halogens is 1. The Morgan fingerprint density at radius 3 is 2.59 bits per heavy atom. The minimum absolute atomic E-state index is 0.135. The third-order valence-electron chi connectivity index (χ3n) is 4.17. The zero-order chi connectivity index (χ0) is 19.2. The van der Waals surface area contributed by atoms with E-state index in [4.69, 9.17) is 4.74 Å². The van der Waals surface area contributed by atoms with Gasteiger partial charge in [-0.05, 0) is 46.5 Å². The number of carbonyl (C=O) groups excluding carboxylic acids is 1. The molecule has 3 rings (SSSR count). The molecule has 8 heteroatoms. The number of aryl methyl sites for hydroxylation is 1. The first-order valence-corrected chi connectivity index (χ1v) is 9.63. The van der Waals surface area contributed by atoms with Gasteiger partial charge in [-0.1, -0.05) is 26.0 Å². The summed E-state index contributed by atoms with van der Waals surface area (Å²) in [6.45, 7) is 4.33. The van der Waals surface area contributed by atoms with E-state index in [0.717, 1.165) is 16.6 Å². The van der Waals surface area contributed by atoms with Crippen LogP contribution in [0, 0.1) is 0 Å². The molecule has 1 unspecified atom stereocenters. The van der Waals surface area contributed by atoms with Crippen molar-refractivity contribution in [3.8, 4) is 5.75 Å². The van der Waals surface area contributed by atoms with Crippen molar-refractivity contribution >= 4 is 27.5 Å². The van der Waals surface area contributed by atoms with E-state index in [0.29, 0.717) is 12.1 Å². The van der Waals surface area contributed by atoms with Crippen LogP contribution >= 0.6 is 15.9 Å². The van der Waals surface area contributed by atoms with Gasteiger partial charge >= 0.3 is 0 Å². The second-order valence-corrected chi connectivity index (χ2v) is 7.01. The summed E-state index contributed by atoms with van der Waals surface area (Å²) in [7, 11) is 0. The van der Waals surface area contributed by atoms with Gasteiger partial charge in [-0.15, -0.1) is 0 Å². The largest absolute Gasteiger partial charge is 0.471 e. The van der Waals surface area contributed by atoms with Gasteiger partial charge in [-0.25, -0.2) is 4.68 Å². The Kier molecular flexibility index (Phi) is 6.28. The molecule has 1 atom stereocenters.